The second-order valence-electron chi connectivity index (χ2n) is 4.62. The molecule has 1 aromatic rings. The van der Waals surface area contributed by atoms with Gasteiger partial charge in [-0.25, -0.2) is 0 Å². The lowest BCUT2D eigenvalue weighted by Crippen LogP contribution is -2.40. The zero-order valence-corrected chi connectivity index (χ0v) is 14.1. The summed E-state index contributed by atoms with van der Waals surface area (Å²) in [5.41, 5.74) is 0.814. The van der Waals surface area contributed by atoms with Crippen LogP contribution in [0.2, 0.25) is 0 Å². The van der Waals surface area contributed by atoms with Gasteiger partial charge in [-0.2, -0.15) is 0 Å². The molecule has 1 fully saturated rings. The number of hydrogen-bond acceptors (Lipinski definition) is 6. The highest BCUT2D eigenvalue weighted by Gasteiger charge is 2.33. The summed E-state index contributed by atoms with van der Waals surface area (Å²) in [6, 6.07) is 7.30. The molecule has 1 saturated heterocycles. The second-order valence-corrected chi connectivity index (χ2v) is 6.29. The van der Waals surface area contributed by atoms with Crippen LogP contribution in [0.25, 0.3) is 6.08 Å². The van der Waals surface area contributed by atoms with Gasteiger partial charge in [0.2, 0.25) is 5.91 Å². The maximum absolute atomic E-state index is 12.4. The van der Waals surface area contributed by atoms with Crippen molar-refractivity contribution in [3.8, 4) is 5.75 Å². The number of methoxy groups -OCH3 is 1. The number of ether oxygens (including phenoxy) is 1. The van der Waals surface area contributed by atoms with Gasteiger partial charge in [0, 0.05) is 6.54 Å². The van der Waals surface area contributed by atoms with E-state index in [1.54, 1.807) is 19.3 Å². The predicted molar refractivity (Wildman–Crippen MR) is 93.0 cm³/mol. The van der Waals surface area contributed by atoms with Crippen molar-refractivity contribution < 1.29 is 19.4 Å². The molecule has 0 spiro atoms. The third kappa shape index (κ3) is 4.54. The molecule has 0 atom stereocenters. The molecule has 6 nitrogen and oxygen atoms in total. The second kappa shape index (κ2) is 8.09. The number of carbonyl (C=O) groups excluding carboxylic acids is 2. The number of nitrogens with one attached hydrogen (secondary N) is 1. The molecule has 1 aliphatic heterocycles. The van der Waals surface area contributed by atoms with E-state index in [1.165, 1.54) is 4.90 Å². The molecule has 8 heteroatoms. The van der Waals surface area contributed by atoms with Gasteiger partial charge in [0.25, 0.3) is 5.91 Å². The monoisotopic (exact) mass is 352 g/mol. The third-order valence-corrected chi connectivity index (χ3v) is 4.38. The first-order valence-corrected chi connectivity index (χ1v) is 8.04. The van der Waals surface area contributed by atoms with E-state index in [0.29, 0.717) is 15.0 Å². The molecule has 0 aliphatic carbocycles. The van der Waals surface area contributed by atoms with Crippen molar-refractivity contribution in [1.29, 1.82) is 0 Å². The number of rotatable bonds is 6. The Labute approximate surface area is 143 Å². The van der Waals surface area contributed by atoms with Crippen molar-refractivity contribution >= 4 is 46.2 Å². The minimum absolute atomic E-state index is 0.146. The smallest absolute Gasteiger partial charge is 0.266 e. The standard InChI is InChI=1S/C15H16N2O4S2/c1-21-11-4-2-3-10(7-11)8-12-14(20)17(15(22)23-12)9-13(19)16-5-6-18/h2-4,7-8,18H,5-6,9H2,1H3,(H,16,19)/b12-8-. The third-order valence-electron chi connectivity index (χ3n) is 3.00. The highest BCUT2D eigenvalue weighted by molar-refractivity contribution is 8.26. The van der Waals surface area contributed by atoms with Crippen molar-refractivity contribution in [2.75, 3.05) is 26.8 Å². The van der Waals surface area contributed by atoms with E-state index in [0.717, 1.165) is 17.3 Å². The number of amides is 2. The molecule has 0 bridgehead atoms. The highest BCUT2D eigenvalue weighted by Crippen LogP contribution is 2.32. The van der Waals surface area contributed by atoms with Crippen LogP contribution < -0.4 is 10.1 Å². The molecule has 0 aromatic heterocycles. The van der Waals surface area contributed by atoms with Gasteiger partial charge in [0.1, 0.15) is 16.6 Å². The number of carbonyl (C=O) groups is 2. The fourth-order valence-corrected chi connectivity index (χ4v) is 3.17. The van der Waals surface area contributed by atoms with Gasteiger partial charge >= 0.3 is 0 Å². The van der Waals surface area contributed by atoms with Gasteiger partial charge in [-0.1, -0.05) is 36.1 Å². The highest BCUT2D eigenvalue weighted by atomic mass is 32.2. The van der Waals surface area contributed by atoms with Crippen molar-refractivity contribution in [3.05, 3.63) is 34.7 Å². The molecule has 0 radical (unpaired) electrons. The average molecular weight is 352 g/mol. The summed E-state index contributed by atoms with van der Waals surface area (Å²) < 4.78 is 5.48. The first-order valence-electron chi connectivity index (χ1n) is 6.82. The van der Waals surface area contributed by atoms with Gasteiger partial charge in [-0.3, -0.25) is 14.5 Å². The molecule has 23 heavy (non-hydrogen) atoms. The molecular weight excluding hydrogens is 336 g/mol. The Morgan fingerprint density at radius 1 is 1.52 bits per heavy atom. The van der Waals surface area contributed by atoms with Gasteiger partial charge in [-0.05, 0) is 23.8 Å². The SMILES string of the molecule is COc1cccc(/C=C2\SC(=S)N(CC(=O)NCCO)C2=O)c1. The molecule has 1 aliphatic rings. The summed E-state index contributed by atoms with van der Waals surface area (Å²) in [5.74, 6) is 0.0255. The van der Waals surface area contributed by atoms with Crippen LogP contribution in [0.4, 0.5) is 0 Å². The largest absolute Gasteiger partial charge is 0.497 e. The summed E-state index contributed by atoms with van der Waals surface area (Å²) in [5, 5.41) is 11.2. The number of thioether (sulfide) groups is 1. The molecule has 1 heterocycles. The number of hydrogen-bond donors (Lipinski definition) is 2. The molecule has 2 rings (SSSR count). The van der Waals surface area contributed by atoms with E-state index in [-0.39, 0.29) is 31.5 Å². The van der Waals surface area contributed by atoms with Gasteiger partial charge in [0.05, 0.1) is 18.6 Å². The maximum atomic E-state index is 12.4. The van der Waals surface area contributed by atoms with Crippen LogP contribution in [0.15, 0.2) is 29.2 Å². The first kappa shape index (κ1) is 17.5. The molecule has 0 saturated carbocycles. The zero-order chi connectivity index (χ0) is 16.8. The minimum Gasteiger partial charge on any atom is -0.497 e. The predicted octanol–water partition coefficient (Wildman–Crippen LogP) is 1.00. The lowest BCUT2D eigenvalue weighted by molar-refractivity contribution is -0.128. The average Bonchev–Trinajstić information content (AvgIpc) is 2.80. The summed E-state index contributed by atoms with van der Waals surface area (Å²) in [7, 11) is 1.57. The van der Waals surface area contributed by atoms with E-state index in [9.17, 15) is 9.59 Å². The molecular formula is C15H16N2O4S2. The number of aliphatic hydroxyl groups is 1. The van der Waals surface area contributed by atoms with Crippen molar-refractivity contribution in [1.82, 2.24) is 10.2 Å². The van der Waals surface area contributed by atoms with Gasteiger partial charge < -0.3 is 15.2 Å². The number of aliphatic hydroxyl groups excluding tert-OH is 1. The fourth-order valence-electron chi connectivity index (χ4n) is 1.91. The molecule has 0 unspecified atom stereocenters. The Balaban J connectivity index is 2.11. The van der Waals surface area contributed by atoms with Crippen LogP contribution in [0.5, 0.6) is 5.75 Å². The summed E-state index contributed by atoms with van der Waals surface area (Å²) in [6.07, 6.45) is 1.72. The molecule has 122 valence electrons. The Hall–Kier alpha value is -1.90. The minimum atomic E-state index is -0.363. The molecule has 2 N–H and O–H groups in total. The Morgan fingerprint density at radius 2 is 2.30 bits per heavy atom. The van der Waals surface area contributed by atoms with Crippen LogP contribution >= 0.6 is 24.0 Å². The Morgan fingerprint density at radius 3 is 3.00 bits per heavy atom. The molecule has 2 amide bonds. The quantitative estimate of drug-likeness (QED) is 0.588. The first-order chi connectivity index (χ1) is 11.0. The van der Waals surface area contributed by atoms with Gasteiger partial charge in [-0.15, -0.1) is 0 Å². The zero-order valence-electron chi connectivity index (χ0n) is 12.4. The Bertz CT molecular complexity index is 661. The van der Waals surface area contributed by atoms with Crippen LogP contribution in [0.3, 0.4) is 0 Å². The van der Waals surface area contributed by atoms with Crippen LogP contribution in [0, 0.1) is 0 Å². The van der Waals surface area contributed by atoms with Crippen LogP contribution in [0.1, 0.15) is 5.56 Å². The number of benzene rings is 1. The summed E-state index contributed by atoms with van der Waals surface area (Å²) in [6.45, 7) is -0.159. The normalized spacial score (nSPS) is 16.1. The van der Waals surface area contributed by atoms with Crippen molar-refractivity contribution in [2.24, 2.45) is 0 Å². The summed E-state index contributed by atoms with van der Waals surface area (Å²) >= 11 is 6.32. The fraction of sp³-hybridized carbons (Fsp3) is 0.267. The van der Waals surface area contributed by atoms with Crippen LogP contribution in [-0.2, 0) is 9.59 Å². The van der Waals surface area contributed by atoms with Crippen molar-refractivity contribution in [3.63, 3.8) is 0 Å². The van der Waals surface area contributed by atoms with Crippen LogP contribution in [-0.4, -0.2) is 52.9 Å². The number of nitrogens with zero attached hydrogens (tertiary/aromatic N) is 1. The lowest BCUT2D eigenvalue weighted by Gasteiger charge is -2.13. The van der Waals surface area contributed by atoms with E-state index in [4.69, 9.17) is 22.1 Å². The summed E-state index contributed by atoms with van der Waals surface area (Å²) in [4.78, 5) is 25.8. The van der Waals surface area contributed by atoms with Gasteiger partial charge in [0.15, 0.2) is 0 Å². The number of thiocarbonyl (C=S) groups is 1. The maximum Gasteiger partial charge on any atom is 0.266 e. The van der Waals surface area contributed by atoms with E-state index >= 15 is 0 Å². The van der Waals surface area contributed by atoms with Crippen molar-refractivity contribution in [2.45, 2.75) is 0 Å². The van der Waals surface area contributed by atoms with E-state index < -0.39 is 0 Å². The van der Waals surface area contributed by atoms with E-state index in [1.807, 2.05) is 18.2 Å². The van der Waals surface area contributed by atoms with E-state index in [2.05, 4.69) is 5.32 Å². The molecule has 1 aromatic carbocycles. The lowest BCUT2D eigenvalue weighted by atomic mass is 10.2. The topological polar surface area (TPSA) is 78.9 Å². The Kier molecular flexibility index (Phi) is 6.14.